The number of rotatable bonds is 9. The van der Waals surface area contributed by atoms with Crippen LogP contribution >= 0.6 is 0 Å². The summed E-state index contributed by atoms with van der Waals surface area (Å²) < 4.78 is 23.7. The molecule has 4 heteroatoms. The van der Waals surface area contributed by atoms with Crippen molar-refractivity contribution < 1.29 is 18.9 Å². The van der Waals surface area contributed by atoms with Crippen LogP contribution in [-0.2, 0) is 13.2 Å². The fourth-order valence-electron chi connectivity index (χ4n) is 5.03. The Kier molecular flexibility index (Phi) is 7.23. The largest absolute Gasteiger partial charge is 0.497 e. The summed E-state index contributed by atoms with van der Waals surface area (Å²) in [6.07, 6.45) is 0. The molecule has 0 saturated carbocycles. The summed E-state index contributed by atoms with van der Waals surface area (Å²) >= 11 is 0. The predicted molar refractivity (Wildman–Crippen MR) is 162 cm³/mol. The van der Waals surface area contributed by atoms with E-state index in [1.165, 1.54) is 0 Å². The second kappa shape index (κ2) is 11.4. The van der Waals surface area contributed by atoms with E-state index < -0.39 is 0 Å². The lowest BCUT2D eigenvalue weighted by Gasteiger charge is -2.20. The summed E-state index contributed by atoms with van der Waals surface area (Å²) in [5.41, 5.74) is 4.17. The van der Waals surface area contributed by atoms with Crippen molar-refractivity contribution in [2.75, 3.05) is 14.2 Å². The average Bonchev–Trinajstić information content (AvgIpc) is 3.03. The van der Waals surface area contributed by atoms with Crippen LogP contribution in [0.5, 0.6) is 23.0 Å². The van der Waals surface area contributed by atoms with Gasteiger partial charge in [-0.05, 0) is 69.1 Å². The van der Waals surface area contributed by atoms with Crippen molar-refractivity contribution in [3.8, 4) is 34.1 Å². The SMILES string of the molecule is COc1ccc(COc2ccc3ccccc3c2-c2c(OCc3ccc(OC)cc3)ccc3ccccc23)cc1. The van der Waals surface area contributed by atoms with Crippen molar-refractivity contribution in [2.45, 2.75) is 13.2 Å². The molecule has 0 N–H and O–H groups in total. The van der Waals surface area contributed by atoms with Crippen LogP contribution in [0.1, 0.15) is 11.1 Å². The Bertz CT molecular complexity index is 1620. The van der Waals surface area contributed by atoms with Crippen LogP contribution in [-0.4, -0.2) is 14.2 Å². The number of methoxy groups -OCH3 is 2. The topological polar surface area (TPSA) is 36.9 Å². The summed E-state index contributed by atoms with van der Waals surface area (Å²) in [6, 6.07) is 41.1. The first-order valence-corrected chi connectivity index (χ1v) is 13.3. The highest BCUT2D eigenvalue weighted by atomic mass is 16.5. The van der Waals surface area contributed by atoms with Crippen LogP contribution in [0.4, 0.5) is 0 Å². The first-order chi connectivity index (χ1) is 19.7. The normalized spacial score (nSPS) is 10.9. The molecule has 6 aromatic carbocycles. The van der Waals surface area contributed by atoms with Gasteiger partial charge in [0, 0.05) is 11.1 Å². The minimum atomic E-state index is 0.433. The second-order valence-corrected chi connectivity index (χ2v) is 9.59. The Hall–Kier alpha value is -4.96. The smallest absolute Gasteiger partial charge is 0.128 e. The number of ether oxygens (including phenoxy) is 4. The number of fused-ring (bicyclic) bond motifs is 2. The first-order valence-electron chi connectivity index (χ1n) is 13.3. The maximum Gasteiger partial charge on any atom is 0.128 e. The molecule has 0 aliphatic heterocycles. The molecule has 40 heavy (non-hydrogen) atoms. The van der Waals surface area contributed by atoms with E-state index in [-0.39, 0.29) is 0 Å². The van der Waals surface area contributed by atoms with Gasteiger partial charge in [0.25, 0.3) is 0 Å². The monoisotopic (exact) mass is 526 g/mol. The molecule has 0 atom stereocenters. The number of benzene rings is 6. The Labute approximate surface area is 234 Å². The van der Waals surface area contributed by atoms with Gasteiger partial charge in [-0.1, -0.05) is 84.9 Å². The van der Waals surface area contributed by atoms with Crippen molar-refractivity contribution in [1.29, 1.82) is 0 Å². The van der Waals surface area contributed by atoms with Gasteiger partial charge >= 0.3 is 0 Å². The van der Waals surface area contributed by atoms with Crippen LogP contribution in [0, 0.1) is 0 Å². The van der Waals surface area contributed by atoms with Gasteiger partial charge in [0.05, 0.1) is 14.2 Å². The maximum absolute atomic E-state index is 6.54. The fraction of sp³-hybridized carbons (Fsp3) is 0.111. The highest BCUT2D eigenvalue weighted by Crippen LogP contribution is 2.46. The van der Waals surface area contributed by atoms with Crippen molar-refractivity contribution in [3.05, 3.63) is 132 Å². The molecule has 6 rings (SSSR count). The molecule has 0 amide bonds. The predicted octanol–water partition coefficient (Wildman–Crippen LogP) is 8.84. The summed E-state index contributed by atoms with van der Waals surface area (Å²) in [6.45, 7) is 0.865. The Morgan fingerprint density at radius 2 is 0.825 bits per heavy atom. The molecule has 0 fully saturated rings. The van der Waals surface area contributed by atoms with E-state index in [1.54, 1.807) is 14.2 Å². The molecule has 6 aromatic rings. The molecule has 0 saturated heterocycles. The molecule has 4 nitrogen and oxygen atoms in total. The van der Waals surface area contributed by atoms with Gasteiger partial charge in [-0.2, -0.15) is 0 Å². The zero-order valence-electron chi connectivity index (χ0n) is 22.6. The van der Waals surface area contributed by atoms with Gasteiger partial charge in [-0.25, -0.2) is 0 Å². The van der Waals surface area contributed by atoms with E-state index >= 15 is 0 Å². The van der Waals surface area contributed by atoms with Gasteiger partial charge in [0.15, 0.2) is 0 Å². The molecule has 0 spiro atoms. The van der Waals surface area contributed by atoms with Gasteiger partial charge < -0.3 is 18.9 Å². The van der Waals surface area contributed by atoms with E-state index in [1.807, 2.05) is 48.5 Å². The Balaban J connectivity index is 1.46. The molecule has 0 unspecified atom stereocenters. The lowest BCUT2D eigenvalue weighted by Crippen LogP contribution is -2.01. The average molecular weight is 527 g/mol. The fourth-order valence-corrected chi connectivity index (χ4v) is 5.03. The molecule has 0 radical (unpaired) electrons. The van der Waals surface area contributed by atoms with Crippen LogP contribution in [0.3, 0.4) is 0 Å². The quantitative estimate of drug-likeness (QED) is 0.189. The van der Waals surface area contributed by atoms with Gasteiger partial charge in [-0.3, -0.25) is 0 Å². The summed E-state index contributed by atoms with van der Waals surface area (Å²) in [5.74, 6) is 3.26. The molecule has 0 heterocycles. The van der Waals surface area contributed by atoms with Crippen LogP contribution in [0.2, 0.25) is 0 Å². The van der Waals surface area contributed by atoms with E-state index in [4.69, 9.17) is 18.9 Å². The first kappa shape index (κ1) is 25.3. The minimum absolute atomic E-state index is 0.433. The maximum atomic E-state index is 6.54. The van der Waals surface area contributed by atoms with Crippen LogP contribution in [0.15, 0.2) is 121 Å². The lowest BCUT2D eigenvalue weighted by atomic mass is 9.92. The minimum Gasteiger partial charge on any atom is -0.497 e. The standard InChI is InChI=1S/C36H30O4/c1-37-29-17-11-25(12-18-29)23-39-33-21-15-27-7-3-5-9-31(27)35(33)36-32-10-6-4-8-28(32)16-22-34(36)40-24-26-13-19-30(38-2)20-14-26/h3-22H,23-24H2,1-2H3. The van der Waals surface area contributed by atoms with Crippen molar-refractivity contribution in [3.63, 3.8) is 0 Å². The Morgan fingerprint density at radius 1 is 0.425 bits per heavy atom. The van der Waals surface area contributed by atoms with E-state index in [0.717, 1.165) is 66.8 Å². The third kappa shape index (κ3) is 5.16. The van der Waals surface area contributed by atoms with Crippen molar-refractivity contribution in [1.82, 2.24) is 0 Å². The number of hydrogen-bond donors (Lipinski definition) is 0. The van der Waals surface area contributed by atoms with Gasteiger partial charge in [0.1, 0.15) is 36.2 Å². The summed E-state index contributed by atoms with van der Waals surface area (Å²) in [7, 11) is 3.34. The molecule has 0 aromatic heterocycles. The Morgan fingerprint density at radius 3 is 1.23 bits per heavy atom. The molecule has 0 aliphatic rings. The summed E-state index contributed by atoms with van der Waals surface area (Å²) in [5, 5.41) is 4.51. The van der Waals surface area contributed by atoms with E-state index in [0.29, 0.717) is 13.2 Å². The molecular weight excluding hydrogens is 496 g/mol. The van der Waals surface area contributed by atoms with Crippen LogP contribution in [0.25, 0.3) is 32.7 Å². The van der Waals surface area contributed by atoms with E-state index in [9.17, 15) is 0 Å². The molecular formula is C36H30O4. The third-order valence-electron chi connectivity index (χ3n) is 7.14. The summed E-state index contributed by atoms with van der Waals surface area (Å²) in [4.78, 5) is 0. The van der Waals surface area contributed by atoms with E-state index in [2.05, 4.69) is 72.8 Å². The van der Waals surface area contributed by atoms with Gasteiger partial charge in [-0.15, -0.1) is 0 Å². The van der Waals surface area contributed by atoms with Crippen molar-refractivity contribution >= 4 is 21.5 Å². The highest BCUT2D eigenvalue weighted by molar-refractivity contribution is 6.09. The second-order valence-electron chi connectivity index (χ2n) is 9.59. The highest BCUT2D eigenvalue weighted by Gasteiger charge is 2.19. The van der Waals surface area contributed by atoms with Crippen LogP contribution < -0.4 is 18.9 Å². The number of hydrogen-bond acceptors (Lipinski definition) is 4. The molecule has 0 bridgehead atoms. The third-order valence-corrected chi connectivity index (χ3v) is 7.14. The lowest BCUT2D eigenvalue weighted by molar-refractivity contribution is 0.303. The molecule has 198 valence electrons. The zero-order chi connectivity index (χ0) is 27.3. The van der Waals surface area contributed by atoms with Crippen molar-refractivity contribution in [2.24, 2.45) is 0 Å². The van der Waals surface area contributed by atoms with Gasteiger partial charge in [0.2, 0.25) is 0 Å². The molecule has 0 aliphatic carbocycles. The zero-order valence-corrected chi connectivity index (χ0v) is 22.6.